The van der Waals surface area contributed by atoms with Gasteiger partial charge in [-0.3, -0.25) is 0 Å². The van der Waals surface area contributed by atoms with Crippen molar-refractivity contribution in [2.24, 2.45) is 0 Å². The van der Waals surface area contributed by atoms with E-state index in [9.17, 15) is 0 Å². The first-order valence-corrected chi connectivity index (χ1v) is 7.42. The van der Waals surface area contributed by atoms with Crippen LogP contribution in [0.5, 0.6) is 0 Å². The van der Waals surface area contributed by atoms with E-state index in [2.05, 4.69) is 21.1 Å². The number of nitrogens with zero attached hydrogens (tertiary/aromatic N) is 1. The summed E-state index contributed by atoms with van der Waals surface area (Å²) in [7, 11) is 7.11. The Bertz CT molecular complexity index is 157. The van der Waals surface area contributed by atoms with Gasteiger partial charge in [-0.05, 0) is 25.7 Å². The first kappa shape index (κ1) is 14.0. The minimum absolute atomic E-state index is 0.902. The summed E-state index contributed by atoms with van der Waals surface area (Å²) >= 11 is 0. The van der Waals surface area contributed by atoms with Crippen molar-refractivity contribution < 1.29 is 4.48 Å². The minimum atomic E-state index is 0.902. The van der Waals surface area contributed by atoms with Crippen LogP contribution >= 0.6 is 0 Å². The maximum absolute atomic E-state index is 2.37. The maximum Gasteiger partial charge on any atom is 0.0884 e. The second kappa shape index (κ2) is 7.32. The molecule has 0 aliphatic heterocycles. The van der Waals surface area contributed by atoms with Gasteiger partial charge in [0.1, 0.15) is 0 Å². The molecule has 96 valence electrons. The third kappa shape index (κ3) is 5.89. The highest BCUT2D eigenvalue weighted by atomic mass is 15.3. The van der Waals surface area contributed by atoms with Gasteiger partial charge < -0.3 is 4.48 Å². The van der Waals surface area contributed by atoms with E-state index < -0.39 is 0 Å². The summed E-state index contributed by atoms with van der Waals surface area (Å²) in [5.41, 5.74) is 0. The fraction of sp³-hybridized carbons (Fsp3) is 1.00. The number of rotatable bonds is 1. The molecule has 1 aliphatic carbocycles. The molecule has 1 aliphatic rings. The van der Waals surface area contributed by atoms with E-state index in [1.807, 2.05) is 0 Å². The Morgan fingerprint density at radius 3 is 1.19 bits per heavy atom. The molecular weight excluding hydrogens is 194 g/mol. The highest BCUT2D eigenvalue weighted by Gasteiger charge is 2.22. The Labute approximate surface area is 103 Å². The fourth-order valence-electron chi connectivity index (χ4n) is 2.92. The van der Waals surface area contributed by atoms with Crippen LogP contribution in [0.3, 0.4) is 0 Å². The maximum atomic E-state index is 2.37. The van der Waals surface area contributed by atoms with Crippen LogP contribution in [0.25, 0.3) is 0 Å². The molecule has 0 aromatic carbocycles. The third-order valence-electron chi connectivity index (χ3n) is 4.17. The molecule has 0 heterocycles. The van der Waals surface area contributed by atoms with Gasteiger partial charge in [0, 0.05) is 0 Å². The lowest BCUT2D eigenvalue weighted by Gasteiger charge is -2.34. The molecule has 1 saturated carbocycles. The molecule has 0 spiro atoms. The van der Waals surface area contributed by atoms with Gasteiger partial charge in [0.25, 0.3) is 0 Å². The lowest BCUT2D eigenvalue weighted by Crippen LogP contribution is -2.45. The van der Waals surface area contributed by atoms with E-state index in [-0.39, 0.29) is 0 Å². The molecule has 0 amide bonds. The third-order valence-corrected chi connectivity index (χ3v) is 4.17. The van der Waals surface area contributed by atoms with E-state index in [1.54, 1.807) is 0 Å². The van der Waals surface area contributed by atoms with Gasteiger partial charge in [-0.1, -0.05) is 44.9 Å². The van der Waals surface area contributed by atoms with E-state index in [4.69, 9.17) is 0 Å². The van der Waals surface area contributed by atoms with E-state index in [0.717, 1.165) is 6.04 Å². The molecule has 1 heteroatoms. The summed E-state index contributed by atoms with van der Waals surface area (Å²) in [6.07, 6.45) is 16.1. The molecular formula is C15H32N+. The number of quaternary nitrogens is 1. The van der Waals surface area contributed by atoms with Gasteiger partial charge in [0.15, 0.2) is 0 Å². The summed E-state index contributed by atoms with van der Waals surface area (Å²) in [5.74, 6) is 0. The summed E-state index contributed by atoms with van der Waals surface area (Å²) in [4.78, 5) is 0. The van der Waals surface area contributed by atoms with Gasteiger partial charge >= 0.3 is 0 Å². The molecule has 0 aromatic rings. The number of hydrogen-bond acceptors (Lipinski definition) is 0. The zero-order valence-electron chi connectivity index (χ0n) is 11.8. The molecule has 0 atom stereocenters. The molecule has 0 bridgehead atoms. The molecule has 1 rings (SSSR count). The van der Waals surface area contributed by atoms with Gasteiger partial charge in [-0.25, -0.2) is 0 Å². The largest absolute Gasteiger partial charge is 0.328 e. The van der Waals surface area contributed by atoms with Crippen molar-refractivity contribution in [3.05, 3.63) is 0 Å². The van der Waals surface area contributed by atoms with Gasteiger partial charge in [-0.2, -0.15) is 0 Å². The molecule has 1 nitrogen and oxygen atoms in total. The Hall–Kier alpha value is -0.0400. The number of hydrogen-bond donors (Lipinski definition) is 0. The molecule has 0 radical (unpaired) electrons. The molecule has 0 unspecified atom stereocenters. The van der Waals surface area contributed by atoms with Crippen LogP contribution in [0.1, 0.15) is 70.6 Å². The van der Waals surface area contributed by atoms with Crippen molar-refractivity contribution >= 4 is 0 Å². The summed E-state index contributed by atoms with van der Waals surface area (Å²) in [6.45, 7) is 0. The molecule has 0 N–H and O–H groups in total. The second-order valence-electron chi connectivity index (χ2n) is 6.53. The van der Waals surface area contributed by atoms with Crippen LogP contribution in [0.4, 0.5) is 0 Å². The smallest absolute Gasteiger partial charge is 0.0884 e. The van der Waals surface area contributed by atoms with Crippen LogP contribution in [-0.4, -0.2) is 31.7 Å². The first-order chi connectivity index (χ1) is 7.61. The van der Waals surface area contributed by atoms with Crippen molar-refractivity contribution in [3.63, 3.8) is 0 Å². The van der Waals surface area contributed by atoms with Crippen molar-refractivity contribution in [1.82, 2.24) is 0 Å². The molecule has 0 aromatic heterocycles. The van der Waals surface area contributed by atoms with Gasteiger partial charge in [0.05, 0.1) is 27.2 Å². The average Bonchev–Trinajstić information content (AvgIpc) is 2.16. The second-order valence-corrected chi connectivity index (χ2v) is 6.53. The van der Waals surface area contributed by atoms with Crippen molar-refractivity contribution in [2.45, 2.75) is 76.7 Å². The highest BCUT2D eigenvalue weighted by Crippen LogP contribution is 2.21. The SMILES string of the molecule is C[N+](C)(C)C1CCCCCCCCCCC1. The van der Waals surface area contributed by atoms with E-state index >= 15 is 0 Å². The monoisotopic (exact) mass is 226 g/mol. The molecule has 16 heavy (non-hydrogen) atoms. The van der Waals surface area contributed by atoms with Crippen LogP contribution in [-0.2, 0) is 0 Å². The van der Waals surface area contributed by atoms with Crippen LogP contribution in [0.15, 0.2) is 0 Å². The topological polar surface area (TPSA) is 0 Å². The Morgan fingerprint density at radius 2 is 0.875 bits per heavy atom. The van der Waals surface area contributed by atoms with Crippen LogP contribution in [0, 0.1) is 0 Å². The predicted molar refractivity (Wildman–Crippen MR) is 72.6 cm³/mol. The van der Waals surface area contributed by atoms with Crippen molar-refractivity contribution in [3.8, 4) is 0 Å². The van der Waals surface area contributed by atoms with Crippen LogP contribution < -0.4 is 0 Å². The lowest BCUT2D eigenvalue weighted by molar-refractivity contribution is -0.896. The quantitative estimate of drug-likeness (QED) is 0.583. The van der Waals surface area contributed by atoms with Gasteiger partial charge in [0.2, 0.25) is 0 Å². The van der Waals surface area contributed by atoms with E-state index in [0.29, 0.717) is 0 Å². The Morgan fingerprint density at radius 1 is 0.562 bits per heavy atom. The van der Waals surface area contributed by atoms with E-state index in [1.165, 1.54) is 75.1 Å². The summed E-state index contributed by atoms with van der Waals surface area (Å²) in [5, 5.41) is 0. The molecule has 1 fully saturated rings. The Balaban J connectivity index is 2.36. The highest BCUT2D eigenvalue weighted by molar-refractivity contribution is 4.61. The van der Waals surface area contributed by atoms with Gasteiger partial charge in [-0.15, -0.1) is 0 Å². The lowest BCUT2D eigenvalue weighted by atomic mass is 9.96. The predicted octanol–water partition coefficient (Wildman–Crippen LogP) is 4.37. The zero-order valence-corrected chi connectivity index (χ0v) is 11.8. The first-order valence-electron chi connectivity index (χ1n) is 7.42. The van der Waals surface area contributed by atoms with Crippen molar-refractivity contribution in [2.75, 3.05) is 21.1 Å². The van der Waals surface area contributed by atoms with Crippen LogP contribution in [0.2, 0.25) is 0 Å². The zero-order chi connectivity index (χ0) is 11.9. The standard InChI is InChI=1S/C15H32N/c1-16(2,3)15-13-11-9-7-5-4-6-8-10-12-14-15/h15H,4-14H2,1-3H3/q+1. The Kier molecular flexibility index (Phi) is 6.41. The van der Waals surface area contributed by atoms with Crippen molar-refractivity contribution in [1.29, 1.82) is 0 Å². The summed E-state index contributed by atoms with van der Waals surface area (Å²) in [6, 6.07) is 0.902. The summed E-state index contributed by atoms with van der Waals surface area (Å²) < 4.78 is 1.17. The molecule has 0 saturated heterocycles. The minimum Gasteiger partial charge on any atom is -0.328 e. The average molecular weight is 226 g/mol. The fourth-order valence-corrected chi connectivity index (χ4v) is 2.92. The normalized spacial score (nSPS) is 23.4.